The lowest BCUT2D eigenvalue weighted by molar-refractivity contribution is -0.134. The molecule has 1 aliphatic heterocycles. The van der Waals surface area contributed by atoms with E-state index in [1.165, 1.54) is 0 Å². The maximum Gasteiger partial charge on any atom is 0.244 e. The van der Waals surface area contributed by atoms with Crippen molar-refractivity contribution in [2.24, 2.45) is 5.73 Å². The van der Waals surface area contributed by atoms with Crippen LogP contribution in [0.15, 0.2) is 30.3 Å². The van der Waals surface area contributed by atoms with E-state index in [9.17, 15) is 4.79 Å². The van der Waals surface area contributed by atoms with Gasteiger partial charge in [-0.25, -0.2) is 0 Å². The summed E-state index contributed by atoms with van der Waals surface area (Å²) in [5.74, 6) is 0.0120. The zero-order valence-corrected chi connectivity index (χ0v) is 12.6. The number of nitrogens with zero attached hydrogens (tertiary/aromatic N) is 2. The van der Waals surface area contributed by atoms with Gasteiger partial charge in [-0.1, -0.05) is 30.3 Å². The summed E-state index contributed by atoms with van der Waals surface area (Å²) in [7, 11) is 4.02. The van der Waals surface area contributed by atoms with Gasteiger partial charge in [0.2, 0.25) is 5.91 Å². The molecule has 0 bridgehead atoms. The molecule has 20 heavy (non-hydrogen) atoms. The minimum absolute atomic E-state index is 0.0120. The first-order valence-electron chi connectivity index (χ1n) is 7.28. The quantitative estimate of drug-likeness (QED) is 0.912. The van der Waals surface area contributed by atoms with Gasteiger partial charge >= 0.3 is 0 Å². The molecule has 4 nitrogen and oxygen atoms in total. The lowest BCUT2D eigenvalue weighted by atomic mass is 9.96. The van der Waals surface area contributed by atoms with Crippen molar-refractivity contribution in [1.29, 1.82) is 0 Å². The van der Waals surface area contributed by atoms with Crippen molar-refractivity contribution < 1.29 is 4.79 Å². The van der Waals surface area contributed by atoms with Crippen LogP contribution in [-0.4, -0.2) is 48.4 Å². The second kappa shape index (κ2) is 6.37. The predicted octanol–water partition coefficient (Wildman–Crippen LogP) is 1.63. The summed E-state index contributed by atoms with van der Waals surface area (Å²) in [5.41, 5.74) is 6.99. The third-order valence-corrected chi connectivity index (χ3v) is 4.50. The van der Waals surface area contributed by atoms with E-state index < -0.39 is 6.04 Å². The molecule has 0 unspecified atom stereocenters. The normalized spacial score (nSPS) is 25.2. The van der Waals surface area contributed by atoms with E-state index >= 15 is 0 Å². The van der Waals surface area contributed by atoms with Gasteiger partial charge in [-0.05, 0) is 32.4 Å². The average molecular weight is 275 g/mol. The van der Waals surface area contributed by atoms with Crippen LogP contribution in [0.5, 0.6) is 0 Å². The largest absolute Gasteiger partial charge is 0.341 e. The fraction of sp³-hybridized carbons (Fsp3) is 0.562. The Hall–Kier alpha value is -1.39. The molecule has 2 rings (SSSR count). The van der Waals surface area contributed by atoms with Crippen molar-refractivity contribution in [2.75, 3.05) is 20.6 Å². The second-order valence-electron chi connectivity index (χ2n) is 5.85. The van der Waals surface area contributed by atoms with Crippen LogP contribution < -0.4 is 5.73 Å². The number of nitrogens with two attached hydrogens (primary N) is 1. The van der Waals surface area contributed by atoms with Crippen molar-refractivity contribution in [3.05, 3.63) is 35.9 Å². The van der Waals surface area contributed by atoms with Crippen LogP contribution in [0.3, 0.4) is 0 Å². The Kier molecular flexibility index (Phi) is 4.78. The van der Waals surface area contributed by atoms with E-state index in [-0.39, 0.29) is 5.91 Å². The van der Waals surface area contributed by atoms with Crippen molar-refractivity contribution in [2.45, 2.75) is 37.9 Å². The van der Waals surface area contributed by atoms with Crippen LogP contribution in [0, 0.1) is 0 Å². The third-order valence-electron chi connectivity index (χ3n) is 4.50. The Morgan fingerprint density at radius 1 is 1.40 bits per heavy atom. The van der Waals surface area contributed by atoms with Crippen LogP contribution in [-0.2, 0) is 4.79 Å². The van der Waals surface area contributed by atoms with Gasteiger partial charge in [-0.15, -0.1) is 0 Å². The lowest BCUT2D eigenvalue weighted by Crippen LogP contribution is -2.50. The first-order valence-corrected chi connectivity index (χ1v) is 7.28. The van der Waals surface area contributed by atoms with Crippen LogP contribution in [0.1, 0.15) is 31.4 Å². The van der Waals surface area contributed by atoms with Gasteiger partial charge in [0.1, 0.15) is 6.04 Å². The first kappa shape index (κ1) is 15.0. The molecule has 2 N–H and O–H groups in total. The molecule has 1 amide bonds. The van der Waals surface area contributed by atoms with E-state index in [1.54, 1.807) is 0 Å². The number of carbonyl (C=O) groups is 1. The van der Waals surface area contributed by atoms with E-state index in [0.717, 1.165) is 24.9 Å². The van der Waals surface area contributed by atoms with E-state index in [1.807, 2.05) is 42.3 Å². The second-order valence-corrected chi connectivity index (χ2v) is 5.85. The molecule has 1 fully saturated rings. The minimum atomic E-state index is -0.559. The number of piperidine rings is 1. The summed E-state index contributed by atoms with van der Waals surface area (Å²) < 4.78 is 0. The standard InChI is InChI=1S/C16H25N3O/c1-12-11-14(9-10-18(12)2)19(3)16(20)15(17)13-7-5-4-6-8-13/h4-8,12,14-15H,9-11,17H2,1-3H3/t12-,14-,15+/m1/s1. The molecule has 0 aromatic heterocycles. The van der Waals surface area contributed by atoms with Crippen LogP contribution in [0.25, 0.3) is 0 Å². The number of likely N-dealkylation sites (N-methyl/N-ethyl adjacent to an activating group) is 1. The smallest absolute Gasteiger partial charge is 0.244 e. The molecule has 1 saturated heterocycles. The Balaban J connectivity index is 2.02. The topological polar surface area (TPSA) is 49.6 Å². The van der Waals surface area contributed by atoms with Gasteiger partial charge in [-0.2, -0.15) is 0 Å². The number of benzene rings is 1. The zero-order chi connectivity index (χ0) is 14.7. The van der Waals surface area contributed by atoms with Crippen LogP contribution >= 0.6 is 0 Å². The molecule has 1 heterocycles. The summed E-state index contributed by atoms with van der Waals surface area (Å²) in [4.78, 5) is 16.7. The summed E-state index contributed by atoms with van der Waals surface area (Å²) in [5, 5.41) is 0. The summed E-state index contributed by atoms with van der Waals surface area (Å²) >= 11 is 0. The zero-order valence-electron chi connectivity index (χ0n) is 12.6. The number of likely N-dealkylation sites (tertiary alicyclic amines) is 1. The van der Waals surface area contributed by atoms with E-state index in [4.69, 9.17) is 5.73 Å². The van der Waals surface area contributed by atoms with Crippen molar-refractivity contribution in [3.8, 4) is 0 Å². The highest BCUT2D eigenvalue weighted by Crippen LogP contribution is 2.22. The highest BCUT2D eigenvalue weighted by molar-refractivity contribution is 5.83. The van der Waals surface area contributed by atoms with Crippen molar-refractivity contribution in [1.82, 2.24) is 9.80 Å². The van der Waals surface area contributed by atoms with E-state index in [2.05, 4.69) is 18.9 Å². The highest BCUT2D eigenvalue weighted by atomic mass is 16.2. The van der Waals surface area contributed by atoms with Gasteiger partial charge in [0.25, 0.3) is 0 Å². The fourth-order valence-electron chi connectivity index (χ4n) is 2.82. The van der Waals surface area contributed by atoms with E-state index in [0.29, 0.717) is 12.1 Å². The molecule has 0 spiro atoms. The maximum absolute atomic E-state index is 12.5. The molecule has 1 aromatic rings. The van der Waals surface area contributed by atoms with Gasteiger partial charge in [-0.3, -0.25) is 4.79 Å². The predicted molar refractivity (Wildman–Crippen MR) is 81.3 cm³/mol. The SMILES string of the molecule is C[C@@H]1C[C@H](N(C)C(=O)[C@@H](N)c2ccccc2)CCN1C. The molecular weight excluding hydrogens is 250 g/mol. The number of rotatable bonds is 3. The molecule has 1 aliphatic rings. The Morgan fingerprint density at radius 2 is 2.05 bits per heavy atom. The highest BCUT2D eigenvalue weighted by Gasteiger charge is 2.30. The van der Waals surface area contributed by atoms with Crippen molar-refractivity contribution >= 4 is 5.91 Å². The Bertz CT molecular complexity index is 448. The fourth-order valence-corrected chi connectivity index (χ4v) is 2.82. The molecule has 0 radical (unpaired) electrons. The minimum Gasteiger partial charge on any atom is -0.341 e. The van der Waals surface area contributed by atoms with Gasteiger partial charge < -0.3 is 15.5 Å². The van der Waals surface area contributed by atoms with Gasteiger partial charge in [0, 0.05) is 25.7 Å². The molecular formula is C16H25N3O. The van der Waals surface area contributed by atoms with Gasteiger partial charge in [0.15, 0.2) is 0 Å². The van der Waals surface area contributed by atoms with Crippen LogP contribution in [0.2, 0.25) is 0 Å². The van der Waals surface area contributed by atoms with Crippen LogP contribution in [0.4, 0.5) is 0 Å². The summed E-state index contributed by atoms with van der Waals surface area (Å²) in [6.07, 6.45) is 2.03. The molecule has 1 aromatic carbocycles. The number of hydrogen-bond donors (Lipinski definition) is 1. The monoisotopic (exact) mass is 275 g/mol. The lowest BCUT2D eigenvalue weighted by Gasteiger charge is -2.40. The third kappa shape index (κ3) is 3.19. The first-order chi connectivity index (χ1) is 9.50. The maximum atomic E-state index is 12.5. The average Bonchev–Trinajstić information content (AvgIpc) is 2.48. The molecule has 4 heteroatoms. The number of amides is 1. The Labute approximate surface area is 121 Å². The molecule has 3 atom stereocenters. The number of carbonyl (C=O) groups excluding carboxylic acids is 1. The van der Waals surface area contributed by atoms with Gasteiger partial charge in [0.05, 0.1) is 0 Å². The molecule has 110 valence electrons. The summed E-state index contributed by atoms with van der Waals surface area (Å²) in [6.45, 7) is 3.24. The number of hydrogen-bond acceptors (Lipinski definition) is 3. The molecule has 0 aliphatic carbocycles. The molecule has 0 saturated carbocycles. The van der Waals surface area contributed by atoms with Crippen molar-refractivity contribution in [3.63, 3.8) is 0 Å². The Morgan fingerprint density at radius 3 is 2.65 bits per heavy atom. The summed E-state index contributed by atoms with van der Waals surface area (Å²) in [6, 6.07) is 9.83.